The van der Waals surface area contributed by atoms with Gasteiger partial charge in [-0.2, -0.15) is 4.52 Å². The molecule has 8 nitrogen and oxygen atoms in total. The summed E-state index contributed by atoms with van der Waals surface area (Å²) in [7, 11) is 1.44. The Balaban J connectivity index is 1.56. The summed E-state index contributed by atoms with van der Waals surface area (Å²) >= 11 is 0. The van der Waals surface area contributed by atoms with E-state index in [1.165, 1.54) is 23.8 Å². The number of nitrogens with zero attached hydrogens (tertiary/aromatic N) is 4. The lowest BCUT2D eigenvalue weighted by molar-refractivity contribution is 0.0783. The molecule has 4 rings (SSSR count). The second kappa shape index (κ2) is 7.51. The zero-order valence-corrected chi connectivity index (χ0v) is 16.9. The van der Waals surface area contributed by atoms with E-state index in [9.17, 15) is 9.50 Å². The lowest BCUT2D eigenvalue weighted by atomic mass is 9.97. The molecular formula is C21H22FN5O3. The van der Waals surface area contributed by atoms with Gasteiger partial charge in [-0.25, -0.2) is 14.4 Å². The largest absolute Gasteiger partial charge is 0.494 e. The maximum Gasteiger partial charge on any atom is 0.223 e. The molecule has 3 N–H and O–H groups in total. The number of aliphatic hydroxyl groups is 1. The fourth-order valence-corrected chi connectivity index (χ4v) is 3.20. The maximum absolute atomic E-state index is 14.0. The first-order valence-corrected chi connectivity index (χ1v) is 9.34. The van der Waals surface area contributed by atoms with E-state index in [0.29, 0.717) is 29.0 Å². The van der Waals surface area contributed by atoms with Crippen LogP contribution in [-0.2, 0) is 23.6 Å². The van der Waals surface area contributed by atoms with Crippen LogP contribution in [0.4, 0.5) is 10.3 Å². The van der Waals surface area contributed by atoms with Crippen molar-refractivity contribution in [2.45, 2.75) is 32.7 Å². The Morgan fingerprint density at radius 2 is 1.87 bits per heavy atom. The molecule has 2 heterocycles. The van der Waals surface area contributed by atoms with Crippen molar-refractivity contribution in [2.24, 2.45) is 0 Å². The number of benzene rings is 2. The van der Waals surface area contributed by atoms with Crippen molar-refractivity contribution >= 4 is 22.5 Å². The first kappa shape index (κ1) is 20.0. The number of fused-ring (bicyclic) bond motifs is 3. The van der Waals surface area contributed by atoms with Gasteiger partial charge in [0.25, 0.3) is 0 Å². The van der Waals surface area contributed by atoms with Gasteiger partial charge in [-0.05, 0) is 31.0 Å². The third-order valence-electron chi connectivity index (χ3n) is 4.76. The monoisotopic (exact) mass is 411 g/mol. The number of anilines is 1. The van der Waals surface area contributed by atoms with E-state index >= 15 is 0 Å². The number of nitrogen functional groups attached to an aromatic ring is 1. The van der Waals surface area contributed by atoms with Crippen molar-refractivity contribution in [1.29, 1.82) is 0 Å². The summed E-state index contributed by atoms with van der Waals surface area (Å²) in [4.78, 5) is 8.72. The van der Waals surface area contributed by atoms with E-state index in [1.54, 1.807) is 13.8 Å². The molecule has 0 saturated carbocycles. The van der Waals surface area contributed by atoms with Crippen LogP contribution in [0, 0.1) is 5.82 Å². The summed E-state index contributed by atoms with van der Waals surface area (Å²) in [6, 6.07) is 10.1. The quantitative estimate of drug-likeness (QED) is 0.502. The minimum Gasteiger partial charge on any atom is -0.494 e. The summed E-state index contributed by atoms with van der Waals surface area (Å²) in [6.07, 6.45) is 0. The number of ether oxygens (including phenoxy) is 2. The van der Waals surface area contributed by atoms with Gasteiger partial charge in [-0.3, -0.25) is 0 Å². The molecule has 30 heavy (non-hydrogen) atoms. The summed E-state index contributed by atoms with van der Waals surface area (Å²) in [5.74, 6) is 0.313. The SMILES string of the molecule is COc1cc(F)cc2c1nc(N)n1nc(COCc3ccc(C(C)(C)O)cc3)nc21. The second-order valence-corrected chi connectivity index (χ2v) is 7.49. The molecule has 0 fully saturated rings. The minimum atomic E-state index is -0.890. The van der Waals surface area contributed by atoms with Gasteiger partial charge in [0.05, 0.1) is 24.7 Å². The van der Waals surface area contributed by atoms with Crippen LogP contribution in [-0.4, -0.2) is 31.8 Å². The topological polar surface area (TPSA) is 108 Å². The highest BCUT2D eigenvalue weighted by molar-refractivity contribution is 5.95. The Kier molecular flexibility index (Phi) is 5.00. The fourth-order valence-electron chi connectivity index (χ4n) is 3.20. The molecule has 0 amide bonds. The van der Waals surface area contributed by atoms with E-state index in [2.05, 4.69) is 15.1 Å². The lowest BCUT2D eigenvalue weighted by Gasteiger charge is -2.17. The van der Waals surface area contributed by atoms with Crippen molar-refractivity contribution in [3.8, 4) is 5.75 Å². The van der Waals surface area contributed by atoms with Gasteiger partial charge in [0.15, 0.2) is 11.5 Å². The van der Waals surface area contributed by atoms with Crippen LogP contribution in [0.25, 0.3) is 16.6 Å². The first-order chi connectivity index (χ1) is 14.3. The molecule has 4 aromatic rings. The molecular weight excluding hydrogens is 389 g/mol. The van der Waals surface area contributed by atoms with Gasteiger partial charge in [0.2, 0.25) is 5.95 Å². The number of halogens is 1. The van der Waals surface area contributed by atoms with Crippen molar-refractivity contribution < 1.29 is 19.0 Å². The highest BCUT2D eigenvalue weighted by Crippen LogP contribution is 2.29. The van der Waals surface area contributed by atoms with Crippen LogP contribution >= 0.6 is 0 Å². The van der Waals surface area contributed by atoms with Crippen LogP contribution in [0.1, 0.15) is 30.8 Å². The van der Waals surface area contributed by atoms with Crippen LogP contribution < -0.4 is 10.5 Å². The van der Waals surface area contributed by atoms with Gasteiger partial charge in [0, 0.05) is 6.07 Å². The van der Waals surface area contributed by atoms with Crippen LogP contribution in [0.5, 0.6) is 5.75 Å². The summed E-state index contributed by atoms with van der Waals surface area (Å²) < 4.78 is 26.3. The second-order valence-electron chi connectivity index (χ2n) is 7.49. The predicted molar refractivity (Wildman–Crippen MR) is 109 cm³/mol. The summed E-state index contributed by atoms with van der Waals surface area (Å²) in [5.41, 5.74) is 7.68. The summed E-state index contributed by atoms with van der Waals surface area (Å²) in [6.45, 7) is 3.96. The third-order valence-corrected chi connectivity index (χ3v) is 4.76. The molecule has 0 saturated heterocycles. The van der Waals surface area contributed by atoms with Crippen LogP contribution in [0.3, 0.4) is 0 Å². The minimum absolute atomic E-state index is 0.114. The van der Waals surface area contributed by atoms with E-state index in [-0.39, 0.29) is 18.3 Å². The molecule has 0 aliphatic heterocycles. The average Bonchev–Trinajstić information content (AvgIpc) is 3.13. The van der Waals surface area contributed by atoms with Gasteiger partial charge < -0.3 is 20.3 Å². The molecule has 0 radical (unpaired) electrons. The summed E-state index contributed by atoms with van der Waals surface area (Å²) in [5, 5.41) is 14.8. The highest BCUT2D eigenvalue weighted by atomic mass is 19.1. The Bertz CT molecular complexity index is 1220. The molecule has 156 valence electrons. The highest BCUT2D eigenvalue weighted by Gasteiger charge is 2.17. The molecule has 0 bridgehead atoms. The van der Waals surface area contributed by atoms with E-state index in [0.717, 1.165) is 11.1 Å². The Labute approximate surface area is 172 Å². The number of nitrogens with two attached hydrogens (primary N) is 1. The molecule has 0 aliphatic rings. The zero-order valence-electron chi connectivity index (χ0n) is 16.9. The zero-order chi connectivity index (χ0) is 21.5. The normalized spacial score (nSPS) is 12.0. The number of methoxy groups -OCH3 is 1. The molecule has 2 aromatic carbocycles. The third kappa shape index (κ3) is 3.77. The fraction of sp³-hybridized carbons (Fsp3) is 0.286. The van der Waals surface area contributed by atoms with Crippen molar-refractivity contribution in [3.63, 3.8) is 0 Å². The lowest BCUT2D eigenvalue weighted by Crippen LogP contribution is -2.15. The number of rotatable bonds is 6. The van der Waals surface area contributed by atoms with E-state index in [4.69, 9.17) is 15.2 Å². The van der Waals surface area contributed by atoms with Crippen molar-refractivity contribution in [2.75, 3.05) is 12.8 Å². The van der Waals surface area contributed by atoms with Crippen molar-refractivity contribution in [1.82, 2.24) is 19.6 Å². The predicted octanol–water partition coefficient (Wildman–Crippen LogP) is 2.95. The molecule has 9 heteroatoms. The Morgan fingerprint density at radius 3 is 2.53 bits per heavy atom. The Morgan fingerprint density at radius 1 is 1.13 bits per heavy atom. The Hall–Kier alpha value is -3.30. The number of hydrogen-bond acceptors (Lipinski definition) is 7. The van der Waals surface area contributed by atoms with Gasteiger partial charge >= 0.3 is 0 Å². The number of hydrogen-bond donors (Lipinski definition) is 2. The molecule has 0 atom stereocenters. The van der Waals surface area contributed by atoms with Crippen molar-refractivity contribution in [3.05, 3.63) is 59.2 Å². The van der Waals surface area contributed by atoms with Gasteiger partial charge in [-0.1, -0.05) is 24.3 Å². The molecule has 0 spiro atoms. The van der Waals surface area contributed by atoms with Crippen LogP contribution in [0.15, 0.2) is 36.4 Å². The van der Waals surface area contributed by atoms with E-state index < -0.39 is 11.4 Å². The molecule has 0 aliphatic carbocycles. The standard InChI is InChI=1S/C21H22FN5O3/c1-21(2,28)13-6-4-12(5-7-13)10-30-11-17-24-19-15-8-14(22)9-16(29-3)18(15)25-20(23)27(19)26-17/h4-9,28H,10-11H2,1-3H3,(H2,23,25). The molecule has 0 unspecified atom stereocenters. The average molecular weight is 411 g/mol. The van der Waals surface area contributed by atoms with Gasteiger partial charge in [0.1, 0.15) is 23.7 Å². The maximum atomic E-state index is 14.0. The smallest absolute Gasteiger partial charge is 0.223 e. The van der Waals surface area contributed by atoms with E-state index in [1.807, 2.05) is 24.3 Å². The van der Waals surface area contributed by atoms with Gasteiger partial charge in [-0.15, -0.1) is 5.10 Å². The van der Waals surface area contributed by atoms with Crippen LogP contribution in [0.2, 0.25) is 0 Å². The number of aromatic nitrogens is 4. The molecule has 2 aromatic heterocycles. The first-order valence-electron chi connectivity index (χ1n) is 9.34.